The van der Waals surface area contributed by atoms with Crippen LogP contribution in [-0.2, 0) is 22.6 Å². The molecule has 7 rings (SSSR count). The minimum absolute atomic E-state index is 0.00179. The standard InChI is InChI=1S/C45H45N3O5/c1-31(37-21-20-34-8-6-7-9-38(34)26-37)48(2)29-42-27-43(35-16-14-33(30-49)15-17-35)53-44(52-42)36-18-12-32(13-19-36)28-46-45(50)47-39-22-24-41(25-23-39)51-40-10-4-3-5-11-40/h3-26,31,42-44,49H,27-30H2,1-2H3,(H2,46,47,50)/t31-,42+,43-,44-/m1/s1. The van der Waals surface area contributed by atoms with Crippen LogP contribution in [0.25, 0.3) is 10.8 Å². The van der Waals surface area contributed by atoms with Gasteiger partial charge in [0.2, 0.25) is 0 Å². The van der Waals surface area contributed by atoms with Crippen molar-refractivity contribution in [2.24, 2.45) is 0 Å². The fourth-order valence-electron chi connectivity index (χ4n) is 6.62. The molecule has 6 aromatic rings. The minimum Gasteiger partial charge on any atom is -0.457 e. The summed E-state index contributed by atoms with van der Waals surface area (Å²) in [6.07, 6.45) is -0.142. The average Bonchev–Trinajstić information content (AvgIpc) is 3.21. The molecule has 3 N–H and O–H groups in total. The summed E-state index contributed by atoms with van der Waals surface area (Å²) in [6, 6.07) is 47.7. The van der Waals surface area contributed by atoms with E-state index in [1.807, 2.05) is 91.0 Å². The number of ether oxygens (including phenoxy) is 3. The summed E-state index contributed by atoms with van der Waals surface area (Å²) < 4.78 is 19.1. The number of nitrogens with one attached hydrogen (secondary N) is 2. The number of nitrogens with zero attached hydrogens (tertiary/aromatic N) is 1. The van der Waals surface area contributed by atoms with Gasteiger partial charge < -0.3 is 30.0 Å². The van der Waals surface area contributed by atoms with Crippen molar-refractivity contribution in [1.29, 1.82) is 0 Å². The molecule has 8 nitrogen and oxygen atoms in total. The molecule has 6 aromatic carbocycles. The zero-order valence-electron chi connectivity index (χ0n) is 30.0. The van der Waals surface area contributed by atoms with Crippen LogP contribution in [0.15, 0.2) is 146 Å². The van der Waals surface area contributed by atoms with E-state index in [1.54, 1.807) is 12.1 Å². The SMILES string of the molecule is C[C@H](c1ccc2ccccc2c1)N(C)C[C@@H]1C[C@H](c2ccc(CO)cc2)O[C@H](c2ccc(CNC(=O)Nc3ccc(Oc4ccccc4)cc3)cc2)O1. The Morgan fingerprint density at radius 2 is 1.43 bits per heavy atom. The fourth-order valence-corrected chi connectivity index (χ4v) is 6.62. The predicted molar refractivity (Wildman–Crippen MR) is 209 cm³/mol. The Morgan fingerprint density at radius 1 is 0.774 bits per heavy atom. The molecule has 0 spiro atoms. The van der Waals surface area contributed by atoms with Gasteiger partial charge in [-0.15, -0.1) is 0 Å². The fraction of sp³-hybridized carbons (Fsp3) is 0.222. The Balaban J connectivity index is 0.978. The summed E-state index contributed by atoms with van der Waals surface area (Å²) in [7, 11) is 2.15. The molecule has 0 bridgehead atoms. The molecule has 270 valence electrons. The zero-order valence-corrected chi connectivity index (χ0v) is 30.0. The first-order valence-corrected chi connectivity index (χ1v) is 18.1. The maximum absolute atomic E-state index is 12.7. The van der Waals surface area contributed by atoms with Crippen LogP contribution < -0.4 is 15.4 Å². The third kappa shape index (κ3) is 9.30. The number of aliphatic hydroxyl groups is 1. The average molecular weight is 708 g/mol. The highest BCUT2D eigenvalue weighted by Gasteiger charge is 2.33. The lowest BCUT2D eigenvalue weighted by Gasteiger charge is -2.39. The number of urea groups is 1. The van der Waals surface area contributed by atoms with Crippen molar-refractivity contribution in [1.82, 2.24) is 10.2 Å². The normalized spacial score (nSPS) is 17.7. The van der Waals surface area contributed by atoms with Crippen molar-refractivity contribution < 1.29 is 24.1 Å². The second kappa shape index (κ2) is 16.9. The van der Waals surface area contributed by atoms with Gasteiger partial charge in [-0.05, 0) is 89.5 Å². The summed E-state index contributed by atoms with van der Waals surface area (Å²) in [6.45, 7) is 3.31. The van der Waals surface area contributed by atoms with Gasteiger partial charge in [-0.3, -0.25) is 4.90 Å². The summed E-state index contributed by atoms with van der Waals surface area (Å²) >= 11 is 0. The summed E-state index contributed by atoms with van der Waals surface area (Å²) in [5, 5.41) is 17.9. The Morgan fingerprint density at radius 3 is 2.17 bits per heavy atom. The van der Waals surface area contributed by atoms with Crippen LogP contribution in [0.4, 0.5) is 10.5 Å². The van der Waals surface area contributed by atoms with E-state index in [1.165, 1.54) is 16.3 Å². The van der Waals surface area contributed by atoms with E-state index < -0.39 is 6.29 Å². The second-order valence-corrected chi connectivity index (χ2v) is 13.6. The lowest BCUT2D eigenvalue weighted by Crippen LogP contribution is -2.38. The van der Waals surface area contributed by atoms with Crippen molar-refractivity contribution >= 4 is 22.5 Å². The number of carbonyl (C=O) groups is 1. The van der Waals surface area contributed by atoms with E-state index in [4.69, 9.17) is 14.2 Å². The molecule has 0 unspecified atom stereocenters. The molecule has 1 aliphatic rings. The molecule has 1 fully saturated rings. The molecule has 2 amide bonds. The number of aliphatic hydroxyl groups excluding tert-OH is 1. The number of benzene rings is 6. The molecular formula is C45H45N3O5. The largest absolute Gasteiger partial charge is 0.457 e. The number of amides is 2. The topological polar surface area (TPSA) is 92.3 Å². The number of likely N-dealkylation sites (N-methyl/N-ethyl adjacent to an activating group) is 1. The van der Waals surface area contributed by atoms with Crippen molar-refractivity contribution in [3.63, 3.8) is 0 Å². The van der Waals surface area contributed by atoms with Gasteiger partial charge >= 0.3 is 6.03 Å². The van der Waals surface area contributed by atoms with Crippen LogP contribution in [0.5, 0.6) is 11.5 Å². The first kappa shape index (κ1) is 35.9. The molecule has 0 aromatic heterocycles. The first-order chi connectivity index (χ1) is 25.9. The van der Waals surface area contributed by atoms with Gasteiger partial charge in [-0.1, -0.05) is 103 Å². The summed E-state index contributed by atoms with van der Waals surface area (Å²) in [5.41, 5.74) is 5.69. The van der Waals surface area contributed by atoms with Gasteiger partial charge in [0.25, 0.3) is 0 Å². The van der Waals surface area contributed by atoms with E-state index in [-0.39, 0.29) is 30.9 Å². The highest BCUT2D eigenvalue weighted by atomic mass is 16.7. The molecule has 1 heterocycles. The van der Waals surface area contributed by atoms with Gasteiger partial charge in [0, 0.05) is 36.8 Å². The van der Waals surface area contributed by atoms with Crippen LogP contribution in [0.3, 0.4) is 0 Å². The number of anilines is 1. The number of rotatable bonds is 12. The molecule has 0 radical (unpaired) electrons. The minimum atomic E-state index is -0.570. The van der Waals surface area contributed by atoms with Crippen molar-refractivity contribution in [2.45, 2.75) is 51.0 Å². The molecular weight excluding hydrogens is 663 g/mol. The van der Waals surface area contributed by atoms with Gasteiger partial charge in [-0.25, -0.2) is 4.79 Å². The molecule has 0 aliphatic carbocycles. The molecule has 53 heavy (non-hydrogen) atoms. The summed E-state index contributed by atoms with van der Waals surface area (Å²) in [5.74, 6) is 1.44. The quantitative estimate of drug-likeness (QED) is 0.117. The monoisotopic (exact) mass is 707 g/mol. The number of carbonyl (C=O) groups excluding carboxylic acids is 1. The Labute approximate surface area is 311 Å². The molecule has 4 atom stereocenters. The molecule has 1 aliphatic heterocycles. The highest BCUT2D eigenvalue weighted by Crippen LogP contribution is 2.39. The molecule has 0 saturated carbocycles. The third-order valence-corrected chi connectivity index (χ3v) is 9.82. The highest BCUT2D eigenvalue weighted by molar-refractivity contribution is 5.89. The van der Waals surface area contributed by atoms with Crippen molar-refractivity contribution in [3.8, 4) is 11.5 Å². The van der Waals surface area contributed by atoms with Gasteiger partial charge in [0.15, 0.2) is 6.29 Å². The number of fused-ring (bicyclic) bond motifs is 1. The third-order valence-electron chi connectivity index (χ3n) is 9.82. The van der Waals surface area contributed by atoms with Crippen LogP contribution in [0.2, 0.25) is 0 Å². The number of hydrogen-bond acceptors (Lipinski definition) is 6. The van der Waals surface area contributed by atoms with Crippen molar-refractivity contribution in [3.05, 3.63) is 173 Å². The molecule has 1 saturated heterocycles. The van der Waals surface area contributed by atoms with E-state index in [2.05, 4.69) is 72.0 Å². The Hall–Kier alpha value is -5.51. The maximum atomic E-state index is 12.7. The van der Waals surface area contributed by atoms with Gasteiger partial charge in [0.05, 0.1) is 18.8 Å². The van der Waals surface area contributed by atoms with E-state index in [0.29, 0.717) is 24.4 Å². The first-order valence-electron chi connectivity index (χ1n) is 18.1. The van der Waals surface area contributed by atoms with Crippen LogP contribution in [0.1, 0.15) is 59.6 Å². The Kier molecular flexibility index (Phi) is 11.4. The smallest absolute Gasteiger partial charge is 0.319 e. The number of hydrogen-bond donors (Lipinski definition) is 3. The lowest BCUT2D eigenvalue weighted by atomic mass is 9.98. The van der Waals surface area contributed by atoms with Crippen LogP contribution in [-0.4, -0.2) is 35.7 Å². The lowest BCUT2D eigenvalue weighted by molar-refractivity contribution is -0.253. The van der Waals surface area contributed by atoms with E-state index in [0.717, 1.165) is 34.5 Å². The predicted octanol–water partition coefficient (Wildman–Crippen LogP) is 9.68. The second-order valence-electron chi connectivity index (χ2n) is 13.6. The van der Waals surface area contributed by atoms with E-state index >= 15 is 0 Å². The van der Waals surface area contributed by atoms with Gasteiger partial charge in [0.1, 0.15) is 11.5 Å². The maximum Gasteiger partial charge on any atom is 0.319 e. The van der Waals surface area contributed by atoms with Crippen LogP contribution in [0, 0.1) is 0 Å². The Bertz CT molecular complexity index is 2090. The van der Waals surface area contributed by atoms with Crippen molar-refractivity contribution in [2.75, 3.05) is 18.9 Å². The van der Waals surface area contributed by atoms with Gasteiger partial charge in [-0.2, -0.15) is 0 Å². The van der Waals surface area contributed by atoms with E-state index in [9.17, 15) is 9.90 Å². The number of para-hydroxylation sites is 1. The molecule has 8 heteroatoms. The van der Waals surface area contributed by atoms with Crippen LogP contribution >= 0.6 is 0 Å². The zero-order chi connectivity index (χ0) is 36.6. The summed E-state index contributed by atoms with van der Waals surface area (Å²) in [4.78, 5) is 15.0.